The third-order valence-electron chi connectivity index (χ3n) is 2.66. The molecule has 1 aliphatic rings. The molecule has 3 N–H and O–H groups in total. The lowest BCUT2D eigenvalue weighted by Gasteiger charge is -2.40. The molecule has 5 heteroatoms. The molecule has 0 spiro atoms. The van der Waals surface area contributed by atoms with E-state index in [0.717, 1.165) is 5.56 Å². The molecule has 0 bridgehead atoms. The van der Waals surface area contributed by atoms with Crippen LogP contribution in [0.2, 0.25) is 0 Å². The number of ether oxygens (including phenoxy) is 1. The first-order valence-electron chi connectivity index (χ1n) is 4.71. The third-order valence-corrected chi connectivity index (χ3v) is 3.69. The lowest BCUT2D eigenvalue weighted by molar-refractivity contribution is -0.0508. The van der Waals surface area contributed by atoms with Crippen molar-refractivity contribution in [3.63, 3.8) is 0 Å². The molecule has 1 saturated heterocycles. The fraction of sp³-hybridized carbons (Fsp3) is 0.400. The van der Waals surface area contributed by atoms with Gasteiger partial charge in [-0.15, -0.1) is 0 Å². The molecule has 1 aromatic rings. The number of hydrogen-bond acceptors (Lipinski definition) is 4. The van der Waals surface area contributed by atoms with Crippen molar-refractivity contribution in [1.82, 2.24) is 0 Å². The minimum absolute atomic E-state index is 0.0238. The van der Waals surface area contributed by atoms with Crippen molar-refractivity contribution in [2.75, 3.05) is 19.4 Å². The van der Waals surface area contributed by atoms with E-state index in [9.17, 15) is 0 Å². The summed E-state index contributed by atoms with van der Waals surface area (Å²) in [5, 5.41) is 0. The van der Waals surface area contributed by atoms with Gasteiger partial charge in [-0.3, -0.25) is 0 Å². The van der Waals surface area contributed by atoms with Crippen LogP contribution in [0.15, 0.2) is 30.3 Å². The van der Waals surface area contributed by atoms with E-state index in [4.69, 9.17) is 19.4 Å². The maximum Gasteiger partial charge on any atom is 0.404 e. The standard InChI is InChI=1S/C10H14O4P/c11-15(12,13)8-10(6-14-7-10)9-4-2-1-3-5-9/h1-5,11-13H,6-8H2/q+1. The molecule has 0 unspecified atom stereocenters. The van der Waals surface area contributed by atoms with Crippen LogP contribution in [0.3, 0.4) is 0 Å². The Kier molecular flexibility index (Phi) is 2.79. The number of hydrogen-bond donors (Lipinski definition) is 3. The van der Waals surface area contributed by atoms with E-state index < -0.39 is 13.4 Å². The maximum atomic E-state index is 9.15. The van der Waals surface area contributed by atoms with Crippen LogP contribution in [-0.2, 0) is 10.2 Å². The zero-order valence-corrected chi connectivity index (χ0v) is 9.10. The summed E-state index contributed by atoms with van der Waals surface area (Å²) in [6.45, 7) is 0.862. The molecule has 0 atom stereocenters. The lowest BCUT2D eigenvalue weighted by Crippen LogP contribution is -2.50. The van der Waals surface area contributed by atoms with Crippen molar-refractivity contribution >= 4 is 7.94 Å². The van der Waals surface area contributed by atoms with Crippen LogP contribution in [0.5, 0.6) is 0 Å². The van der Waals surface area contributed by atoms with Gasteiger partial charge in [0.25, 0.3) is 0 Å². The molecule has 82 valence electrons. The zero-order valence-electron chi connectivity index (χ0n) is 8.21. The quantitative estimate of drug-likeness (QED) is 0.667. The summed E-state index contributed by atoms with van der Waals surface area (Å²) >= 11 is 0. The first kappa shape index (κ1) is 11.0. The molecule has 0 aromatic heterocycles. The van der Waals surface area contributed by atoms with Gasteiger partial charge in [0.15, 0.2) is 6.16 Å². The van der Waals surface area contributed by atoms with E-state index >= 15 is 0 Å². The Morgan fingerprint density at radius 3 is 2.13 bits per heavy atom. The van der Waals surface area contributed by atoms with Crippen LogP contribution in [-0.4, -0.2) is 34.1 Å². The monoisotopic (exact) mass is 229 g/mol. The van der Waals surface area contributed by atoms with Gasteiger partial charge in [0.1, 0.15) is 0 Å². The van der Waals surface area contributed by atoms with Gasteiger partial charge in [0.2, 0.25) is 0 Å². The predicted octanol–water partition coefficient (Wildman–Crippen LogP) is 0.694. The summed E-state index contributed by atoms with van der Waals surface area (Å²) in [6.07, 6.45) is -0.0238. The SMILES string of the molecule is O[P+](O)(O)CC1(c2ccccc2)COC1. The Morgan fingerprint density at radius 1 is 1.13 bits per heavy atom. The highest BCUT2D eigenvalue weighted by atomic mass is 31.2. The van der Waals surface area contributed by atoms with Gasteiger partial charge in [-0.25, -0.2) is 0 Å². The minimum Gasteiger partial charge on any atom is -0.379 e. The van der Waals surface area contributed by atoms with Gasteiger partial charge >= 0.3 is 7.94 Å². The summed E-state index contributed by atoms with van der Waals surface area (Å²) in [6, 6.07) is 9.51. The highest BCUT2D eigenvalue weighted by Crippen LogP contribution is 2.52. The molecule has 0 amide bonds. The Labute approximate surface area is 88.7 Å². The second-order valence-electron chi connectivity index (χ2n) is 3.99. The average molecular weight is 229 g/mol. The first-order chi connectivity index (χ1) is 7.02. The number of benzene rings is 1. The molecule has 0 radical (unpaired) electrons. The molecule has 1 heterocycles. The summed E-state index contributed by atoms with van der Waals surface area (Å²) < 4.78 is 5.12. The van der Waals surface area contributed by atoms with E-state index in [1.807, 2.05) is 30.3 Å². The number of rotatable bonds is 3. The van der Waals surface area contributed by atoms with E-state index in [1.165, 1.54) is 0 Å². The van der Waals surface area contributed by atoms with Gasteiger partial charge in [0, 0.05) is 0 Å². The Bertz CT molecular complexity index is 329. The third kappa shape index (κ3) is 2.36. The van der Waals surface area contributed by atoms with Crippen LogP contribution in [0.4, 0.5) is 0 Å². The van der Waals surface area contributed by atoms with Crippen LogP contribution in [0.1, 0.15) is 5.56 Å². The smallest absolute Gasteiger partial charge is 0.379 e. The fourth-order valence-corrected chi connectivity index (χ4v) is 3.07. The van der Waals surface area contributed by atoms with Crippen molar-refractivity contribution in [2.45, 2.75) is 5.41 Å². The summed E-state index contributed by atoms with van der Waals surface area (Å²) in [5.74, 6) is 0. The summed E-state index contributed by atoms with van der Waals surface area (Å²) in [7, 11) is -3.75. The Morgan fingerprint density at radius 2 is 1.73 bits per heavy atom. The van der Waals surface area contributed by atoms with Crippen molar-refractivity contribution in [1.29, 1.82) is 0 Å². The van der Waals surface area contributed by atoms with E-state index in [0.29, 0.717) is 13.2 Å². The lowest BCUT2D eigenvalue weighted by atomic mass is 9.80. The van der Waals surface area contributed by atoms with Gasteiger partial charge in [-0.05, 0) is 5.56 Å². The molecule has 1 fully saturated rings. The van der Waals surface area contributed by atoms with Crippen molar-refractivity contribution < 1.29 is 19.4 Å². The normalized spacial score (nSPS) is 19.7. The van der Waals surface area contributed by atoms with Gasteiger partial charge in [0.05, 0.1) is 18.6 Å². The second kappa shape index (κ2) is 3.81. The molecule has 1 aromatic carbocycles. The molecule has 4 nitrogen and oxygen atoms in total. The van der Waals surface area contributed by atoms with Crippen molar-refractivity contribution in [2.24, 2.45) is 0 Å². The molecular formula is C10H14O4P+. The van der Waals surface area contributed by atoms with Crippen molar-refractivity contribution in [3.05, 3.63) is 35.9 Å². The Balaban J connectivity index is 2.23. The van der Waals surface area contributed by atoms with Crippen LogP contribution < -0.4 is 0 Å². The van der Waals surface area contributed by atoms with Crippen LogP contribution in [0.25, 0.3) is 0 Å². The van der Waals surface area contributed by atoms with Crippen LogP contribution in [0, 0.1) is 0 Å². The fourth-order valence-electron chi connectivity index (χ4n) is 1.90. The average Bonchev–Trinajstić information content (AvgIpc) is 2.11. The van der Waals surface area contributed by atoms with Gasteiger partial charge < -0.3 is 4.74 Å². The highest BCUT2D eigenvalue weighted by Gasteiger charge is 2.51. The highest BCUT2D eigenvalue weighted by molar-refractivity contribution is 7.58. The van der Waals surface area contributed by atoms with E-state index in [1.54, 1.807) is 0 Å². The summed E-state index contributed by atoms with van der Waals surface area (Å²) in [4.78, 5) is 27.4. The Hall–Kier alpha value is -0.510. The molecule has 0 saturated carbocycles. The molecule has 2 rings (SSSR count). The van der Waals surface area contributed by atoms with Gasteiger partial charge in [-0.1, -0.05) is 30.3 Å². The molecule has 15 heavy (non-hydrogen) atoms. The minimum atomic E-state index is -3.75. The molecule has 0 aliphatic carbocycles. The largest absolute Gasteiger partial charge is 0.404 e. The second-order valence-corrected chi connectivity index (χ2v) is 5.69. The topological polar surface area (TPSA) is 69.9 Å². The van der Waals surface area contributed by atoms with Crippen LogP contribution >= 0.6 is 7.94 Å². The van der Waals surface area contributed by atoms with Gasteiger partial charge in [-0.2, -0.15) is 14.7 Å². The summed E-state index contributed by atoms with van der Waals surface area (Å²) in [5.41, 5.74) is 0.561. The maximum absolute atomic E-state index is 9.15. The molecule has 1 aliphatic heterocycles. The van der Waals surface area contributed by atoms with E-state index in [-0.39, 0.29) is 6.16 Å². The van der Waals surface area contributed by atoms with E-state index in [2.05, 4.69) is 0 Å². The zero-order chi connectivity index (χ0) is 10.9. The molecular weight excluding hydrogens is 215 g/mol. The van der Waals surface area contributed by atoms with Crippen molar-refractivity contribution in [3.8, 4) is 0 Å². The predicted molar refractivity (Wildman–Crippen MR) is 57.4 cm³/mol. The first-order valence-corrected chi connectivity index (χ1v) is 6.55.